The first-order valence-electron chi connectivity index (χ1n) is 19.6. The summed E-state index contributed by atoms with van der Waals surface area (Å²) in [7, 11) is 0. The van der Waals surface area contributed by atoms with Crippen molar-refractivity contribution in [2.24, 2.45) is 0 Å². The molecule has 1 aliphatic rings. The molecule has 0 amide bonds. The highest BCUT2D eigenvalue weighted by Gasteiger charge is 2.38. The van der Waals surface area contributed by atoms with Gasteiger partial charge >= 0.3 is 0 Å². The van der Waals surface area contributed by atoms with Crippen molar-refractivity contribution in [3.05, 3.63) is 193 Å². The van der Waals surface area contributed by atoms with Gasteiger partial charge in [0.05, 0.1) is 0 Å². The van der Waals surface area contributed by atoms with E-state index in [4.69, 9.17) is 4.42 Å². The summed E-state index contributed by atoms with van der Waals surface area (Å²) in [5, 5.41) is 12.4. The summed E-state index contributed by atoms with van der Waals surface area (Å²) in [5.74, 6) is 0. The van der Waals surface area contributed by atoms with E-state index in [1.54, 1.807) is 0 Å². The molecule has 56 heavy (non-hydrogen) atoms. The van der Waals surface area contributed by atoms with Crippen molar-refractivity contribution < 1.29 is 4.42 Å². The Morgan fingerprint density at radius 3 is 1.59 bits per heavy atom. The summed E-state index contributed by atoms with van der Waals surface area (Å²) in [5.41, 5.74) is 14.6. The van der Waals surface area contributed by atoms with Crippen LogP contribution >= 0.6 is 0 Å². The van der Waals surface area contributed by atoms with Crippen LogP contribution in [0.4, 0.5) is 0 Å². The zero-order valence-corrected chi connectivity index (χ0v) is 31.2. The molecular formula is C55H36O. The third-order valence-corrected chi connectivity index (χ3v) is 12.6. The van der Waals surface area contributed by atoms with Crippen LogP contribution in [0.3, 0.4) is 0 Å². The SMILES string of the molecule is CC1(C)c2ccccc2-c2cc(-c3ccc(-c4c5ccccc5c(-c5ccccc5)c5ccccc45)c4ccccc34)c3cc4c(cc3c21)oc1ccccc14. The lowest BCUT2D eigenvalue weighted by molar-refractivity contribution is 0.663. The molecule has 1 aromatic heterocycles. The highest BCUT2D eigenvalue weighted by molar-refractivity contribution is 6.25. The van der Waals surface area contributed by atoms with Crippen molar-refractivity contribution in [3.8, 4) is 44.5 Å². The van der Waals surface area contributed by atoms with Gasteiger partial charge in [0.15, 0.2) is 0 Å². The number of benzene rings is 10. The van der Waals surface area contributed by atoms with Crippen LogP contribution in [0.2, 0.25) is 0 Å². The first-order valence-corrected chi connectivity index (χ1v) is 19.6. The second kappa shape index (κ2) is 11.5. The minimum Gasteiger partial charge on any atom is -0.456 e. The van der Waals surface area contributed by atoms with Crippen LogP contribution in [-0.2, 0) is 5.41 Å². The van der Waals surface area contributed by atoms with Crippen LogP contribution in [0.25, 0.3) is 110 Å². The van der Waals surface area contributed by atoms with Gasteiger partial charge in [0.25, 0.3) is 0 Å². The lowest BCUT2D eigenvalue weighted by atomic mass is 9.78. The summed E-state index contributed by atoms with van der Waals surface area (Å²) >= 11 is 0. The quantitative estimate of drug-likeness (QED) is 0.166. The maximum Gasteiger partial charge on any atom is 0.136 e. The van der Waals surface area contributed by atoms with Gasteiger partial charge in [0.1, 0.15) is 11.2 Å². The largest absolute Gasteiger partial charge is 0.456 e. The number of hydrogen-bond acceptors (Lipinski definition) is 1. The van der Waals surface area contributed by atoms with Gasteiger partial charge in [-0.1, -0.05) is 172 Å². The van der Waals surface area contributed by atoms with E-state index < -0.39 is 0 Å². The molecular weight excluding hydrogens is 677 g/mol. The van der Waals surface area contributed by atoms with E-state index in [1.165, 1.54) is 98.7 Å². The van der Waals surface area contributed by atoms with Crippen molar-refractivity contribution in [2.45, 2.75) is 19.3 Å². The lowest BCUT2D eigenvalue weighted by Crippen LogP contribution is -2.15. The standard InChI is InChI=1S/C55H36O/c1-55(2)49-26-14-12-20-37(49)47-31-44(45-30-46-38-21-13-15-27-50(38)56-51(46)32-48(45)54(47)55)36-28-29-43(35-19-7-6-18-34(35)36)53-41-24-10-8-22-39(41)52(33-16-4-3-5-17-33)40-23-9-11-25-42(40)53/h3-32H,1-2H3. The smallest absolute Gasteiger partial charge is 0.136 e. The topological polar surface area (TPSA) is 13.1 Å². The van der Waals surface area contributed by atoms with Gasteiger partial charge in [-0.25, -0.2) is 0 Å². The molecule has 12 rings (SSSR count). The highest BCUT2D eigenvalue weighted by Crippen LogP contribution is 2.55. The number of fused-ring (bicyclic) bond motifs is 11. The van der Waals surface area contributed by atoms with Gasteiger partial charge < -0.3 is 4.42 Å². The van der Waals surface area contributed by atoms with Crippen molar-refractivity contribution in [3.63, 3.8) is 0 Å². The van der Waals surface area contributed by atoms with Gasteiger partial charge in [-0.2, -0.15) is 0 Å². The monoisotopic (exact) mass is 712 g/mol. The molecule has 0 N–H and O–H groups in total. The number of hydrogen-bond donors (Lipinski definition) is 0. The normalized spacial score (nSPS) is 13.3. The molecule has 0 aliphatic heterocycles. The van der Waals surface area contributed by atoms with E-state index in [9.17, 15) is 0 Å². The third kappa shape index (κ3) is 4.26. The van der Waals surface area contributed by atoms with E-state index in [2.05, 4.69) is 196 Å². The van der Waals surface area contributed by atoms with E-state index in [1.807, 2.05) is 0 Å². The minimum atomic E-state index is -0.164. The molecule has 262 valence electrons. The van der Waals surface area contributed by atoms with Crippen LogP contribution < -0.4 is 0 Å². The van der Waals surface area contributed by atoms with Crippen molar-refractivity contribution in [2.75, 3.05) is 0 Å². The summed E-state index contributed by atoms with van der Waals surface area (Å²) in [6.07, 6.45) is 0. The number of rotatable bonds is 3. The predicted octanol–water partition coefficient (Wildman–Crippen LogP) is 15.5. The van der Waals surface area contributed by atoms with Crippen LogP contribution in [-0.4, -0.2) is 0 Å². The Labute approximate surface area is 325 Å². The summed E-state index contributed by atoms with van der Waals surface area (Å²) in [6.45, 7) is 4.75. The van der Waals surface area contributed by atoms with Gasteiger partial charge in [-0.3, -0.25) is 0 Å². The lowest BCUT2D eigenvalue weighted by Gasteiger charge is -2.24. The zero-order chi connectivity index (χ0) is 37.1. The Kier molecular flexibility index (Phi) is 6.46. The number of furan rings is 1. The molecule has 11 aromatic rings. The van der Waals surface area contributed by atoms with Crippen LogP contribution in [0.5, 0.6) is 0 Å². The van der Waals surface area contributed by atoms with Gasteiger partial charge in [-0.05, 0) is 123 Å². The molecule has 0 saturated heterocycles. The Balaban J connectivity index is 1.19. The molecule has 0 saturated carbocycles. The maximum absolute atomic E-state index is 6.55. The van der Waals surface area contributed by atoms with Gasteiger partial charge in [0.2, 0.25) is 0 Å². The number of para-hydroxylation sites is 1. The van der Waals surface area contributed by atoms with Crippen molar-refractivity contribution in [1.82, 2.24) is 0 Å². The fourth-order valence-electron chi connectivity index (χ4n) is 10.2. The molecule has 0 bridgehead atoms. The molecule has 0 fully saturated rings. The summed E-state index contributed by atoms with van der Waals surface area (Å²) < 4.78 is 6.55. The Bertz CT molecular complexity index is 3380. The van der Waals surface area contributed by atoms with Crippen LogP contribution in [0.1, 0.15) is 25.0 Å². The summed E-state index contributed by atoms with van der Waals surface area (Å²) in [4.78, 5) is 0. The molecule has 1 nitrogen and oxygen atoms in total. The molecule has 0 unspecified atom stereocenters. The van der Waals surface area contributed by atoms with E-state index in [-0.39, 0.29) is 5.41 Å². The molecule has 1 aliphatic carbocycles. The zero-order valence-electron chi connectivity index (χ0n) is 31.2. The fraction of sp³-hybridized carbons (Fsp3) is 0.0545. The Hall–Kier alpha value is -6.96. The van der Waals surface area contributed by atoms with Crippen LogP contribution in [0.15, 0.2) is 186 Å². The fourth-order valence-corrected chi connectivity index (χ4v) is 10.2. The average molecular weight is 713 g/mol. The van der Waals surface area contributed by atoms with E-state index >= 15 is 0 Å². The van der Waals surface area contributed by atoms with Crippen LogP contribution in [0, 0.1) is 0 Å². The Morgan fingerprint density at radius 1 is 0.321 bits per heavy atom. The first-order chi connectivity index (χ1) is 27.6. The van der Waals surface area contributed by atoms with E-state index in [0.717, 1.165) is 21.9 Å². The molecule has 0 spiro atoms. The maximum atomic E-state index is 6.55. The van der Waals surface area contributed by atoms with Crippen molar-refractivity contribution in [1.29, 1.82) is 0 Å². The van der Waals surface area contributed by atoms with Gasteiger partial charge in [-0.15, -0.1) is 0 Å². The minimum absolute atomic E-state index is 0.164. The Morgan fingerprint density at radius 2 is 0.875 bits per heavy atom. The predicted molar refractivity (Wildman–Crippen MR) is 238 cm³/mol. The average Bonchev–Trinajstić information content (AvgIpc) is 3.72. The molecule has 1 heteroatoms. The highest BCUT2D eigenvalue weighted by atomic mass is 16.3. The second-order valence-electron chi connectivity index (χ2n) is 15.9. The third-order valence-electron chi connectivity index (χ3n) is 12.6. The van der Waals surface area contributed by atoms with Gasteiger partial charge in [0, 0.05) is 16.2 Å². The molecule has 0 atom stereocenters. The van der Waals surface area contributed by atoms with E-state index in [0.29, 0.717) is 0 Å². The summed E-state index contributed by atoms with van der Waals surface area (Å²) in [6, 6.07) is 67.2. The second-order valence-corrected chi connectivity index (χ2v) is 15.9. The van der Waals surface area contributed by atoms with Crippen molar-refractivity contribution >= 4 is 65.0 Å². The first kappa shape index (κ1) is 31.4. The molecule has 0 radical (unpaired) electrons. The molecule has 10 aromatic carbocycles. The molecule has 1 heterocycles.